The molecule has 3 rings (SSSR count). The molecule has 2 aliphatic rings. The Morgan fingerprint density at radius 3 is 2.78 bits per heavy atom. The van der Waals surface area contributed by atoms with E-state index in [1.165, 1.54) is 44.2 Å². The third kappa shape index (κ3) is 2.75. The van der Waals surface area contributed by atoms with E-state index in [1.54, 1.807) is 6.33 Å². The van der Waals surface area contributed by atoms with Gasteiger partial charge in [0.25, 0.3) is 0 Å². The molecule has 1 aromatic heterocycles. The molecule has 1 aliphatic heterocycles. The second kappa shape index (κ2) is 5.41. The number of hydrogen-bond donors (Lipinski definition) is 3. The Morgan fingerprint density at radius 1 is 1.22 bits per heavy atom. The van der Waals surface area contributed by atoms with Gasteiger partial charge < -0.3 is 15.6 Å². The standard InChI is InChI=1S/C14H24N4/c1-2-4-6-14(5-3-1)10-15-9-13(18-14)7-12-8-16-11-17-12/h8,11,13,15,18H,1-7,9-10H2,(H,16,17)/t13-/m0/s1. The van der Waals surface area contributed by atoms with Gasteiger partial charge in [0.05, 0.1) is 6.33 Å². The fourth-order valence-electron chi connectivity index (χ4n) is 3.53. The van der Waals surface area contributed by atoms with Crippen molar-refractivity contribution in [1.29, 1.82) is 0 Å². The van der Waals surface area contributed by atoms with E-state index in [1.807, 2.05) is 6.20 Å². The van der Waals surface area contributed by atoms with Gasteiger partial charge in [-0.15, -0.1) is 0 Å². The van der Waals surface area contributed by atoms with Gasteiger partial charge >= 0.3 is 0 Å². The van der Waals surface area contributed by atoms with Gasteiger partial charge in [-0.25, -0.2) is 4.98 Å². The number of aromatic amines is 1. The van der Waals surface area contributed by atoms with Gasteiger partial charge in [-0.2, -0.15) is 0 Å². The molecule has 0 radical (unpaired) electrons. The lowest BCUT2D eigenvalue weighted by molar-refractivity contribution is 0.197. The number of rotatable bonds is 2. The summed E-state index contributed by atoms with van der Waals surface area (Å²) in [7, 11) is 0. The fourth-order valence-corrected chi connectivity index (χ4v) is 3.53. The van der Waals surface area contributed by atoms with Gasteiger partial charge in [0.2, 0.25) is 0 Å². The quantitative estimate of drug-likeness (QED) is 0.745. The molecule has 1 aromatic rings. The van der Waals surface area contributed by atoms with Crippen LogP contribution >= 0.6 is 0 Å². The zero-order valence-electron chi connectivity index (χ0n) is 11.0. The van der Waals surface area contributed by atoms with E-state index in [-0.39, 0.29) is 0 Å². The lowest BCUT2D eigenvalue weighted by atomic mass is 9.86. The molecule has 2 heterocycles. The molecule has 0 bridgehead atoms. The minimum absolute atomic E-state index is 0.361. The molecule has 1 aliphatic carbocycles. The van der Waals surface area contributed by atoms with Crippen LogP contribution in [0.15, 0.2) is 12.5 Å². The second-order valence-corrected chi connectivity index (χ2v) is 5.95. The SMILES string of the molecule is c1ncc(C[C@H]2CNCC3(CCCCCC3)N2)[nH]1. The zero-order chi connectivity index (χ0) is 12.3. The van der Waals surface area contributed by atoms with Crippen molar-refractivity contribution in [2.45, 2.75) is 56.5 Å². The summed E-state index contributed by atoms with van der Waals surface area (Å²) >= 11 is 0. The highest BCUT2D eigenvalue weighted by molar-refractivity contribution is 5.04. The third-order valence-electron chi connectivity index (χ3n) is 4.45. The van der Waals surface area contributed by atoms with Crippen molar-refractivity contribution in [3.05, 3.63) is 18.2 Å². The molecule has 0 unspecified atom stereocenters. The largest absolute Gasteiger partial charge is 0.348 e. The van der Waals surface area contributed by atoms with Gasteiger partial charge in [0, 0.05) is 43.0 Å². The van der Waals surface area contributed by atoms with Gasteiger partial charge in [-0.05, 0) is 12.8 Å². The predicted molar refractivity (Wildman–Crippen MR) is 72.5 cm³/mol. The van der Waals surface area contributed by atoms with Crippen molar-refractivity contribution in [1.82, 2.24) is 20.6 Å². The molecular weight excluding hydrogens is 224 g/mol. The monoisotopic (exact) mass is 248 g/mol. The van der Waals surface area contributed by atoms with Crippen LogP contribution in [-0.2, 0) is 6.42 Å². The Bertz CT molecular complexity index is 352. The average molecular weight is 248 g/mol. The van der Waals surface area contributed by atoms with Crippen LogP contribution in [0.2, 0.25) is 0 Å². The van der Waals surface area contributed by atoms with Gasteiger partial charge in [-0.1, -0.05) is 25.7 Å². The van der Waals surface area contributed by atoms with Crippen LogP contribution in [0.3, 0.4) is 0 Å². The first-order valence-electron chi connectivity index (χ1n) is 7.32. The number of nitrogens with one attached hydrogen (secondary N) is 3. The minimum atomic E-state index is 0.361. The van der Waals surface area contributed by atoms with E-state index >= 15 is 0 Å². The first-order valence-corrected chi connectivity index (χ1v) is 7.32. The maximum atomic E-state index is 4.10. The zero-order valence-corrected chi connectivity index (χ0v) is 11.0. The molecule has 100 valence electrons. The molecule has 4 heteroatoms. The topological polar surface area (TPSA) is 52.7 Å². The van der Waals surface area contributed by atoms with E-state index in [0.717, 1.165) is 19.5 Å². The summed E-state index contributed by atoms with van der Waals surface area (Å²) in [5.74, 6) is 0. The maximum absolute atomic E-state index is 4.10. The molecule has 0 aromatic carbocycles. The van der Waals surface area contributed by atoms with E-state index in [4.69, 9.17) is 0 Å². The highest BCUT2D eigenvalue weighted by Crippen LogP contribution is 2.28. The van der Waals surface area contributed by atoms with E-state index in [0.29, 0.717) is 11.6 Å². The molecule has 3 N–H and O–H groups in total. The molecule has 18 heavy (non-hydrogen) atoms. The number of imidazole rings is 1. The van der Waals surface area contributed by atoms with Crippen molar-refractivity contribution in [3.63, 3.8) is 0 Å². The van der Waals surface area contributed by atoms with Gasteiger partial charge in [-0.3, -0.25) is 0 Å². The molecule has 1 saturated heterocycles. The lowest BCUT2D eigenvalue weighted by Crippen LogP contribution is -2.64. The Kier molecular flexibility index (Phi) is 3.66. The smallest absolute Gasteiger partial charge is 0.0921 e. The molecule has 0 amide bonds. The molecule has 2 fully saturated rings. The van der Waals surface area contributed by atoms with Crippen LogP contribution in [-0.4, -0.2) is 34.6 Å². The maximum Gasteiger partial charge on any atom is 0.0921 e. The van der Waals surface area contributed by atoms with Crippen molar-refractivity contribution < 1.29 is 0 Å². The highest BCUT2D eigenvalue weighted by Gasteiger charge is 2.35. The van der Waals surface area contributed by atoms with E-state index in [9.17, 15) is 0 Å². The van der Waals surface area contributed by atoms with Crippen LogP contribution in [0, 0.1) is 0 Å². The average Bonchev–Trinajstić information content (AvgIpc) is 2.78. The summed E-state index contributed by atoms with van der Waals surface area (Å²) in [6.07, 6.45) is 13.0. The first-order chi connectivity index (χ1) is 8.86. The van der Waals surface area contributed by atoms with Gasteiger partial charge in [0.15, 0.2) is 0 Å². The summed E-state index contributed by atoms with van der Waals surface area (Å²) in [5.41, 5.74) is 1.60. The second-order valence-electron chi connectivity index (χ2n) is 5.95. The van der Waals surface area contributed by atoms with Crippen molar-refractivity contribution in [2.24, 2.45) is 0 Å². The first kappa shape index (κ1) is 12.2. The number of aromatic nitrogens is 2. The number of hydrogen-bond acceptors (Lipinski definition) is 3. The Balaban J connectivity index is 1.63. The number of H-pyrrole nitrogens is 1. The third-order valence-corrected chi connectivity index (χ3v) is 4.45. The van der Waals surface area contributed by atoms with Crippen LogP contribution < -0.4 is 10.6 Å². The highest BCUT2D eigenvalue weighted by atomic mass is 15.1. The van der Waals surface area contributed by atoms with Crippen molar-refractivity contribution in [2.75, 3.05) is 13.1 Å². The summed E-state index contributed by atoms with van der Waals surface area (Å²) in [6, 6.07) is 0.539. The molecule has 4 nitrogen and oxygen atoms in total. The molecule has 1 saturated carbocycles. The Morgan fingerprint density at radius 2 is 2.06 bits per heavy atom. The van der Waals surface area contributed by atoms with Crippen LogP contribution in [0.5, 0.6) is 0 Å². The summed E-state index contributed by atoms with van der Waals surface area (Å²) < 4.78 is 0. The van der Waals surface area contributed by atoms with E-state index in [2.05, 4.69) is 20.6 Å². The molecule has 1 spiro atoms. The van der Waals surface area contributed by atoms with Crippen LogP contribution in [0.1, 0.15) is 44.2 Å². The van der Waals surface area contributed by atoms with Crippen molar-refractivity contribution >= 4 is 0 Å². The number of piperazine rings is 1. The predicted octanol–water partition coefficient (Wildman–Crippen LogP) is 1.61. The fraction of sp³-hybridized carbons (Fsp3) is 0.786. The summed E-state index contributed by atoms with van der Waals surface area (Å²) in [6.45, 7) is 2.22. The lowest BCUT2D eigenvalue weighted by Gasteiger charge is -2.42. The van der Waals surface area contributed by atoms with Crippen LogP contribution in [0.25, 0.3) is 0 Å². The van der Waals surface area contributed by atoms with E-state index < -0.39 is 0 Å². The normalized spacial score (nSPS) is 28.1. The Hall–Kier alpha value is -0.870. The molecular formula is C14H24N4. The summed E-state index contributed by atoms with van der Waals surface area (Å²) in [5, 5.41) is 7.58. The summed E-state index contributed by atoms with van der Waals surface area (Å²) in [4.78, 5) is 7.31. The van der Waals surface area contributed by atoms with Crippen molar-refractivity contribution in [3.8, 4) is 0 Å². The number of nitrogens with zero attached hydrogens (tertiary/aromatic N) is 1. The van der Waals surface area contributed by atoms with Gasteiger partial charge in [0.1, 0.15) is 0 Å². The minimum Gasteiger partial charge on any atom is -0.348 e. The molecule has 1 atom stereocenters. The Labute approximate surface area is 109 Å². The van der Waals surface area contributed by atoms with Crippen LogP contribution in [0.4, 0.5) is 0 Å².